The molecular weight excluding hydrogens is 330 g/mol. The first kappa shape index (κ1) is 16.9. The van der Waals surface area contributed by atoms with Gasteiger partial charge in [0.1, 0.15) is 5.69 Å². The van der Waals surface area contributed by atoms with Crippen LogP contribution in [0.25, 0.3) is 0 Å². The van der Waals surface area contributed by atoms with Crippen LogP contribution < -0.4 is 5.32 Å². The predicted molar refractivity (Wildman–Crippen MR) is 96.9 cm³/mol. The van der Waals surface area contributed by atoms with E-state index in [4.69, 9.17) is 4.74 Å². The number of hydrogen-bond acceptors (Lipinski definition) is 6. The molecule has 2 atom stereocenters. The molecule has 0 bridgehead atoms. The van der Waals surface area contributed by atoms with Crippen LogP contribution in [-0.4, -0.2) is 57.1 Å². The zero-order chi connectivity index (χ0) is 18.0. The van der Waals surface area contributed by atoms with E-state index >= 15 is 0 Å². The Morgan fingerprint density at radius 1 is 1.31 bits per heavy atom. The summed E-state index contributed by atoms with van der Waals surface area (Å²) in [6.45, 7) is 3.86. The number of carbonyl (C=O) groups excluding carboxylic acids is 1. The van der Waals surface area contributed by atoms with Crippen molar-refractivity contribution < 1.29 is 9.53 Å². The van der Waals surface area contributed by atoms with Gasteiger partial charge in [-0.2, -0.15) is 0 Å². The molecule has 7 heteroatoms. The Morgan fingerprint density at radius 3 is 2.96 bits per heavy atom. The maximum Gasteiger partial charge on any atom is 0.272 e. The van der Waals surface area contributed by atoms with E-state index < -0.39 is 0 Å². The van der Waals surface area contributed by atoms with Gasteiger partial charge in [0.15, 0.2) is 0 Å². The Hall–Kier alpha value is -2.54. The number of piperidine rings is 1. The molecule has 1 spiro atoms. The third-order valence-corrected chi connectivity index (χ3v) is 5.04. The van der Waals surface area contributed by atoms with Crippen molar-refractivity contribution >= 4 is 11.9 Å². The summed E-state index contributed by atoms with van der Waals surface area (Å²) in [4.78, 5) is 27.5. The summed E-state index contributed by atoms with van der Waals surface area (Å²) < 4.78 is 6.17. The summed E-state index contributed by atoms with van der Waals surface area (Å²) in [7, 11) is 0. The lowest BCUT2D eigenvalue weighted by Gasteiger charge is -2.39. The lowest BCUT2D eigenvalue weighted by Crippen LogP contribution is -2.50. The number of carbonyl (C=O) groups is 1. The average molecular weight is 353 g/mol. The van der Waals surface area contributed by atoms with Crippen LogP contribution in [0, 0.1) is 6.92 Å². The van der Waals surface area contributed by atoms with Gasteiger partial charge in [0.25, 0.3) is 5.91 Å². The summed E-state index contributed by atoms with van der Waals surface area (Å²) in [5.74, 6) is 0.602. The highest BCUT2D eigenvalue weighted by atomic mass is 16.5. The van der Waals surface area contributed by atoms with E-state index in [2.05, 4.69) is 20.3 Å². The number of pyridine rings is 1. The molecule has 136 valence electrons. The Balaban J connectivity index is 1.42. The number of likely N-dealkylation sites (tertiary alicyclic amines) is 1. The summed E-state index contributed by atoms with van der Waals surface area (Å²) in [6, 6.07) is 7.51. The van der Waals surface area contributed by atoms with Crippen LogP contribution >= 0.6 is 0 Å². The molecule has 7 nitrogen and oxygen atoms in total. The molecule has 1 N–H and O–H groups in total. The van der Waals surface area contributed by atoms with Gasteiger partial charge in [0.05, 0.1) is 24.8 Å². The molecule has 0 aliphatic carbocycles. The molecule has 2 aliphatic rings. The molecule has 2 saturated heterocycles. The molecule has 2 aromatic heterocycles. The van der Waals surface area contributed by atoms with Gasteiger partial charge in [-0.15, -0.1) is 0 Å². The molecule has 26 heavy (non-hydrogen) atoms. The Morgan fingerprint density at radius 2 is 2.15 bits per heavy atom. The zero-order valence-electron chi connectivity index (χ0n) is 14.9. The fraction of sp³-hybridized carbons (Fsp3) is 0.474. The minimum absolute atomic E-state index is 0.0147. The highest BCUT2D eigenvalue weighted by molar-refractivity contribution is 5.92. The molecule has 2 aliphatic heterocycles. The van der Waals surface area contributed by atoms with E-state index in [0.29, 0.717) is 24.8 Å². The van der Waals surface area contributed by atoms with Gasteiger partial charge in [0, 0.05) is 31.1 Å². The van der Waals surface area contributed by atoms with Crippen LogP contribution in [0.15, 0.2) is 36.7 Å². The van der Waals surface area contributed by atoms with Crippen molar-refractivity contribution in [3.05, 3.63) is 48.0 Å². The van der Waals surface area contributed by atoms with Crippen molar-refractivity contribution in [2.24, 2.45) is 0 Å². The highest BCUT2D eigenvalue weighted by Crippen LogP contribution is 2.35. The largest absolute Gasteiger partial charge is 0.371 e. The fourth-order valence-corrected chi connectivity index (χ4v) is 3.87. The molecule has 0 saturated carbocycles. The van der Waals surface area contributed by atoms with Gasteiger partial charge < -0.3 is 15.0 Å². The number of amides is 1. The summed E-state index contributed by atoms with van der Waals surface area (Å²) in [5.41, 5.74) is 1.07. The molecule has 2 aromatic rings. The quantitative estimate of drug-likeness (QED) is 0.910. The van der Waals surface area contributed by atoms with Crippen LogP contribution in [0.1, 0.15) is 35.4 Å². The van der Waals surface area contributed by atoms with E-state index in [-0.39, 0.29) is 17.6 Å². The zero-order valence-corrected chi connectivity index (χ0v) is 14.9. The number of anilines is 1. The lowest BCUT2D eigenvalue weighted by atomic mass is 9.88. The van der Waals surface area contributed by atoms with Crippen molar-refractivity contribution in [3.63, 3.8) is 0 Å². The van der Waals surface area contributed by atoms with Crippen molar-refractivity contribution in [2.45, 2.75) is 37.8 Å². The van der Waals surface area contributed by atoms with Crippen molar-refractivity contribution in [1.29, 1.82) is 0 Å². The van der Waals surface area contributed by atoms with Crippen LogP contribution in [0.5, 0.6) is 0 Å². The minimum atomic E-state index is -0.288. The van der Waals surface area contributed by atoms with Crippen LogP contribution in [-0.2, 0) is 4.74 Å². The van der Waals surface area contributed by atoms with Crippen molar-refractivity contribution in [3.8, 4) is 0 Å². The second-order valence-electron chi connectivity index (χ2n) is 7.11. The third-order valence-electron chi connectivity index (χ3n) is 5.04. The molecular formula is C19H23N5O2. The SMILES string of the molecule is Cc1cccc(C(=O)N2CCC[C@@]3(C[C@H](Nc4ncccn4)CO3)C2)n1. The normalized spacial score (nSPS) is 25.4. The fourth-order valence-electron chi connectivity index (χ4n) is 3.87. The maximum atomic E-state index is 12.8. The molecule has 0 unspecified atom stereocenters. The Labute approximate surface area is 152 Å². The maximum absolute atomic E-state index is 12.8. The summed E-state index contributed by atoms with van der Waals surface area (Å²) in [5, 5.41) is 3.33. The first-order valence-electron chi connectivity index (χ1n) is 9.04. The molecule has 1 amide bonds. The van der Waals surface area contributed by atoms with Crippen LogP contribution in [0.4, 0.5) is 5.95 Å². The highest BCUT2D eigenvalue weighted by Gasteiger charge is 2.44. The van der Waals surface area contributed by atoms with Gasteiger partial charge in [0.2, 0.25) is 5.95 Å². The van der Waals surface area contributed by atoms with Gasteiger partial charge >= 0.3 is 0 Å². The minimum Gasteiger partial charge on any atom is -0.371 e. The van der Waals surface area contributed by atoms with E-state index in [1.165, 1.54) is 0 Å². The topological polar surface area (TPSA) is 80.2 Å². The number of ether oxygens (including phenoxy) is 1. The van der Waals surface area contributed by atoms with Crippen LogP contribution in [0.2, 0.25) is 0 Å². The van der Waals surface area contributed by atoms with E-state index in [1.54, 1.807) is 24.5 Å². The predicted octanol–water partition coefficient (Wildman–Crippen LogP) is 2.06. The summed E-state index contributed by atoms with van der Waals surface area (Å²) >= 11 is 0. The number of hydrogen-bond donors (Lipinski definition) is 1. The van der Waals surface area contributed by atoms with Gasteiger partial charge in [-0.05, 0) is 38.0 Å². The number of rotatable bonds is 3. The monoisotopic (exact) mass is 353 g/mol. The van der Waals surface area contributed by atoms with E-state index in [9.17, 15) is 4.79 Å². The average Bonchev–Trinajstić information content (AvgIpc) is 3.03. The number of nitrogens with one attached hydrogen (secondary N) is 1. The molecule has 4 heterocycles. The third kappa shape index (κ3) is 3.53. The molecule has 4 rings (SSSR count). The first-order chi connectivity index (χ1) is 12.6. The van der Waals surface area contributed by atoms with E-state index in [0.717, 1.165) is 31.5 Å². The number of aryl methyl sites for hydroxylation is 1. The van der Waals surface area contributed by atoms with Crippen molar-refractivity contribution in [2.75, 3.05) is 25.0 Å². The van der Waals surface area contributed by atoms with Crippen molar-refractivity contribution in [1.82, 2.24) is 19.9 Å². The number of aromatic nitrogens is 3. The van der Waals surface area contributed by atoms with Gasteiger partial charge in [-0.3, -0.25) is 4.79 Å². The Kier molecular flexibility index (Phi) is 4.55. The van der Waals surface area contributed by atoms with Gasteiger partial charge in [-0.25, -0.2) is 15.0 Å². The second-order valence-corrected chi connectivity index (χ2v) is 7.11. The smallest absolute Gasteiger partial charge is 0.272 e. The standard InChI is InChI=1S/C19H23N5O2/c1-14-5-2-6-16(22-14)17(25)24-10-3-7-19(13-24)11-15(12-26-19)23-18-20-8-4-9-21-18/h2,4-6,8-9,15H,3,7,10-13H2,1H3,(H,20,21,23)/t15-,19+/m0/s1. The molecule has 0 radical (unpaired) electrons. The van der Waals surface area contributed by atoms with Crippen LogP contribution in [0.3, 0.4) is 0 Å². The second kappa shape index (κ2) is 6.99. The van der Waals surface area contributed by atoms with E-state index in [1.807, 2.05) is 24.0 Å². The lowest BCUT2D eigenvalue weighted by molar-refractivity contribution is -0.0448. The molecule has 2 fully saturated rings. The molecule has 0 aromatic carbocycles. The number of nitrogens with zero attached hydrogens (tertiary/aromatic N) is 4. The summed E-state index contributed by atoms with van der Waals surface area (Å²) in [6.07, 6.45) is 6.18. The Bertz CT molecular complexity index is 785. The first-order valence-corrected chi connectivity index (χ1v) is 9.04. The van der Waals surface area contributed by atoms with Gasteiger partial charge in [-0.1, -0.05) is 6.07 Å².